The largest absolute Gasteiger partial charge is 0.335 e. The number of carbonyl (C=O) groups excluding carboxylic acids is 1. The summed E-state index contributed by atoms with van der Waals surface area (Å²) in [5, 5.41) is 3.26. The Morgan fingerprint density at radius 1 is 1.47 bits per heavy atom. The molecular formula is C15H19FN2O. The van der Waals surface area contributed by atoms with Gasteiger partial charge in [-0.3, -0.25) is 4.79 Å². The van der Waals surface area contributed by atoms with Gasteiger partial charge in [0.15, 0.2) is 0 Å². The number of rotatable bonds is 4. The van der Waals surface area contributed by atoms with Gasteiger partial charge < -0.3 is 10.2 Å². The van der Waals surface area contributed by atoms with Crippen molar-refractivity contribution in [1.29, 1.82) is 0 Å². The number of nitrogens with one attached hydrogen (secondary N) is 1. The third-order valence-electron chi connectivity index (χ3n) is 3.39. The zero-order valence-corrected chi connectivity index (χ0v) is 11.1. The summed E-state index contributed by atoms with van der Waals surface area (Å²) >= 11 is 0. The highest BCUT2D eigenvalue weighted by Crippen LogP contribution is 2.10. The molecule has 19 heavy (non-hydrogen) atoms. The molecule has 1 unspecified atom stereocenters. The van der Waals surface area contributed by atoms with Crippen LogP contribution in [0.3, 0.4) is 0 Å². The van der Waals surface area contributed by atoms with E-state index in [9.17, 15) is 9.18 Å². The van der Waals surface area contributed by atoms with Crippen molar-refractivity contribution in [3.05, 3.63) is 41.7 Å². The molecule has 1 saturated heterocycles. The molecule has 1 aromatic carbocycles. The molecule has 1 amide bonds. The van der Waals surface area contributed by atoms with E-state index in [-0.39, 0.29) is 17.8 Å². The standard InChI is InChI=1S/C15H19FN2O/c1-2-18(14-9-10-17-11-14)15(19)8-5-12-3-6-13(16)7-4-12/h3-8,14,17H,2,9-11H2,1H3/b8-5+. The van der Waals surface area contributed by atoms with E-state index in [1.54, 1.807) is 24.3 Å². The van der Waals surface area contributed by atoms with E-state index in [0.29, 0.717) is 6.54 Å². The normalized spacial score (nSPS) is 18.9. The van der Waals surface area contributed by atoms with Crippen LogP contribution in [0, 0.1) is 5.82 Å². The van der Waals surface area contributed by atoms with Gasteiger partial charge in [0.2, 0.25) is 5.91 Å². The molecule has 0 bridgehead atoms. The fraction of sp³-hybridized carbons (Fsp3) is 0.400. The summed E-state index contributed by atoms with van der Waals surface area (Å²) in [6.07, 6.45) is 4.30. The predicted molar refractivity (Wildman–Crippen MR) is 74.1 cm³/mol. The van der Waals surface area contributed by atoms with Crippen molar-refractivity contribution in [2.75, 3.05) is 19.6 Å². The van der Waals surface area contributed by atoms with Gasteiger partial charge in [-0.15, -0.1) is 0 Å². The van der Waals surface area contributed by atoms with Crippen molar-refractivity contribution in [1.82, 2.24) is 10.2 Å². The van der Waals surface area contributed by atoms with E-state index in [4.69, 9.17) is 0 Å². The summed E-state index contributed by atoms with van der Waals surface area (Å²) in [6.45, 7) is 4.53. The average molecular weight is 262 g/mol. The summed E-state index contributed by atoms with van der Waals surface area (Å²) in [5.41, 5.74) is 0.829. The van der Waals surface area contributed by atoms with Crippen LogP contribution in [0.4, 0.5) is 4.39 Å². The molecule has 3 nitrogen and oxygen atoms in total. The van der Waals surface area contributed by atoms with Gasteiger partial charge in [0.05, 0.1) is 0 Å². The Kier molecular flexibility index (Phi) is 4.68. The lowest BCUT2D eigenvalue weighted by Crippen LogP contribution is -2.40. The van der Waals surface area contributed by atoms with Crippen molar-refractivity contribution in [3.8, 4) is 0 Å². The summed E-state index contributed by atoms with van der Waals surface area (Å²) in [6, 6.07) is 6.39. The highest BCUT2D eigenvalue weighted by atomic mass is 19.1. The third kappa shape index (κ3) is 3.64. The number of hydrogen-bond donors (Lipinski definition) is 1. The topological polar surface area (TPSA) is 32.3 Å². The first kappa shape index (κ1) is 13.7. The minimum Gasteiger partial charge on any atom is -0.335 e. The lowest BCUT2D eigenvalue weighted by atomic mass is 10.2. The first-order valence-electron chi connectivity index (χ1n) is 6.65. The molecule has 1 aromatic rings. The van der Waals surface area contributed by atoms with Crippen LogP contribution in [0.25, 0.3) is 6.08 Å². The summed E-state index contributed by atoms with van der Waals surface area (Å²) < 4.78 is 12.8. The number of likely N-dealkylation sites (N-methyl/N-ethyl adjacent to an activating group) is 1. The molecule has 0 spiro atoms. The second-order valence-corrected chi connectivity index (χ2v) is 4.66. The highest BCUT2D eigenvalue weighted by molar-refractivity contribution is 5.92. The van der Waals surface area contributed by atoms with Crippen molar-refractivity contribution in [3.63, 3.8) is 0 Å². The SMILES string of the molecule is CCN(C(=O)/C=C/c1ccc(F)cc1)C1CCNC1. The number of amides is 1. The quantitative estimate of drug-likeness (QED) is 0.842. The second-order valence-electron chi connectivity index (χ2n) is 4.66. The lowest BCUT2D eigenvalue weighted by Gasteiger charge is -2.25. The van der Waals surface area contributed by atoms with E-state index in [1.165, 1.54) is 12.1 Å². The number of halogens is 1. The van der Waals surface area contributed by atoms with E-state index in [2.05, 4.69) is 5.32 Å². The van der Waals surface area contributed by atoms with Crippen LogP contribution in [0.5, 0.6) is 0 Å². The molecule has 1 aliphatic rings. The van der Waals surface area contributed by atoms with Gasteiger partial charge in [0.25, 0.3) is 0 Å². The molecule has 1 heterocycles. The maximum Gasteiger partial charge on any atom is 0.246 e. The third-order valence-corrected chi connectivity index (χ3v) is 3.39. The monoisotopic (exact) mass is 262 g/mol. The molecule has 102 valence electrons. The second kappa shape index (κ2) is 6.48. The van der Waals surface area contributed by atoms with Gasteiger partial charge in [-0.2, -0.15) is 0 Å². The zero-order chi connectivity index (χ0) is 13.7. The Bertz CT molecular complexity index is 450. The van der Waals surface area contributed by atoms with Gasteiger partial charge in [-0.25, -0.2) is 4.39 Å². The van der Waals surface area contributed by atoms with Crippen LogP contribution in [-0.2, 0) is 4.79 Å². The van der Waals surface area contributed by atoms with Crippen molar-refractivity contribution in [2.24, 2.45) is 0 Å². The molecule has 0 radical (unpaired) electrons. The zero-order valence-electron chi connectivity index (χ0n) is 11.1. The van der Waals surface area contributed by atoms with Crippen LogP contribution in [0.1, 0.15) is 18.9 Å². The molecule has 2 rings (SSSR count). The fourth-order valence-electron chi connectivity index (χ4n) is 2.34. The van der Waals surface area contributed by atoms with Gasteiger partial charge in [-0.1, -0.05) is 12.1 Å². The molecule has 0 saturated carbocycles. The van der Waals surface area contributed by atoms with Crippen molar-refractivity contribution >= 4 is 12.0 Å². The number of benzene rings is 1. The summed E-state index contributed by atoms with van der Waals surface area (Å²) in [4.78, 5) is 14.0. The van der Waals surface area contributed by atoms with Crippen LogP contribution in [-0.4, -0.2) is 36.5 Å². The molecule has 1 atom stereocenters. The van der Waals surface area contributed by atoms with Gasteiger partial charge >= 0.3 is 0 Å². The predicted octanol–water partition coefficient (Wildman–Crippen LogP) is 2.05. The molecule has 4 heteroatoms. The van der Waals surface area contributed by atoms with Crippen molar-refractivity contribution < 1.29 is 9.18 Å². The maximum atomic E-state index is 12.8. The Morgan fingerprint density at radius 3 is 2.79 bits per heavy atom. The van der Waals surface area contributed by atoms with Gasteiger partial charge in [-0.05, 0) is 43.7 Å². The van der Waals surface area contributed by atoms with E-state index in [1.807, 2.05) is 11.8 Å². The highest BCUT2D eigenvalue weighted by Gasteiger charge is 2.23. The molecule has 1 aliphatic heterocycles. The number of hydrogen-bond acceptors (Lipinski definition) is 2. The number of carbonyl (C=O) groups is 1. The fourth-order valence-corrected chi connectivity index (χ4v) is 2.34. The van der Waals surface area contributed by atoms with E-state index in [0.717, 1.165) is 25.1 Å². The van der Waals surface area contributed by atoms with Crippen LogP contribution in [0.2, 0.25) is 0 Å². The van der Waals surface area contributed by atoms with Gasteiger partial charge in [0.1, 0.15) is 5.82 Å². The summed E-state index contributed by atoms with van der Waals surface area (Å²) in [5.74, 6) is -0.254. The van der Waals surface area contributed by atoms with E-state index < -0.39 is 0 Å². The minimum absolute atomic E-state index is 0.0144. The molecule has 1 N–H and O–H groups in total. The molecule has 0 aromatic heterocycles. The first-order valence-corrected chi connectivity index (χ1v) is 6.65. The Balaban J connectivity index is 2.00. The smallest absolute Gasteiger partial charge is 0.246 e. The summed E-state index contributed by atoms with van der Waals surface area (Å²) in [7, 11) is 0. The number of nitrogens with zero attached hydrogens (tertiary/aromatic N) is 1. The van der Waals surface area contributed by atoms with E-state index >= 15 is 0 Å². The Labute approximate surface area is 113 Å². The first-order chi connectivity index (χ1) is 9.20. The van der Waals surface area contributed by atoms with Crippen molar-refractivity contribution in [2.45, 2.75) is 19.4 Å². The lowest BCUT2D eigenvalue weighted by molar-refractivity contribution is -0.127. The molecular weight excluding hydrogens is 243 g/mol. The van der Waals surface area contributed by atoms with Crippen LogP contribution >= 0.6 is 0 Å². The Morgan fingerprint density at radius 2 is 2.21 bits per heavy atom. The minimum atomic E-state index is -0.268. The Hall–Kier alpha value is -1.68. The molecule has 1 fully saturated rings. The van der Waals surface area contributed by atoms with Crippen LogP contribution < -0.4 is 5.32 Å². The van der Waals surface area contributed by atoms with Crippen LogP contribution in [0.15, 0.2) is 30.3 Å². The molecule has 0 aliphatic carbocycles. The average Bonchev–Trinajstić information content (AvgIpc) is 2.93. The maximum absolute atomic E-state index is 12.8. The van der Waals surface area contributed by atoms with Gasteiger partial charge in [0, 0.05) is 25.2 Å².